The molecule has 0 radical (unpaired) electrons. The number of primary amides is 1. The SMILES string of the molecule is NC(=O)Cc1cccc(C(=S)Nc2ccc(Oc3ccnc4cc(-c5cccc(O)c5)sc34)c(F)c2)c1. The fourth-order valence-corrected chi connectivity index (χ4v) is 5.11. The van der Waals surface area contributed by atoms with Crippen molar-refractivity contribution < 1.29 is 19.0 Å². The third kappa shape index (κ3) is 5.58. The number of thiophene rings is 1. The first-order valence-electron chi connectivity index (χ1n) is 11.2. The first-order chi connectivity index (χ1) is 17.9. The van der Waals surface area contributed by atoms with Crippen molar-refractivity contribution in [2.75, 3.05) is 5.32 Å². The monoisotopic (exact) mass is 529 g/mol. The van der Waals surface area contributed by atoms with Gasteiger partial charge in [0.25, 0.3) is 0 Å². The van der Waals surface area contributed by atoms with Crippen molar-refractivity contribution in [1.29, 1.82) is 0 Å². The minimum absolute atomic E-state index is 0.0553. The van der Waals surface area contributed by atoms with Crippen LogP contribution in [0, 0.1) is 5.82 Å². The van der Waals surface area contributed by atoms with Gasteiger partial charge in [0.05, 0.1) is 16.6 Å². The summed E-state index contributed by atoms with van der Waals surface area (Å²) in [7, 11) is 0. The highest BCUT2D eigenvalue weighted by atomic mass is 32.1. The Kier molecular flexibility index (Phi) is 6.80. The van der Waals surface area contributed by atoms with E-state index in [1.165, 1.54) is 23.5 Å². The molecule has 0 aliphatic rings. The molecule has 1 amide bonds. The molecule has 6 nitrogen and oxygen atoms in total. The highest BCUT2D eigenvalue weighted by molar-refractivity contribution is 7.81. The number of thiocarbonyl (C=S) groups is 1. The quantitative estimate of drug-likeness (QED) is 0.211. The smallest absolute Gasteiger partial charge is 0.221 e. The van der Waals surface area contributed by atoms with Gasteiger partial charge in [-0.25, -0.2) is 4.39 Å². The molecule has 0 saturated carbocycles. The van der Waals surface area contributed by atoms with Crippen LogP contribution in [-0.2, 0) is 11.2 Å². The first-order valence-corrected chi connectivity index (χ1v) is 12.4. The minimum Gasteiger partial charge on any atom is -0.508 e. The van der Waals surface area contributed by atoms with Gasteiger partial charge in [-0.15, -0.1) is 11.3 Å². The van der Waals surface area contributed by atoms with Gasteiger partial charge in [0, 0.05) is 34.5 Å². The van der Waals surface area contributed by atoms with Crippen molar-refractivity contribution >= 4 is 50.4 Å². The topological polar surface area (TPSA) is 97.5 Å². The van der Waals surface area contributed by atoms with Crippen molar-refractivity contribution in [3.05, 3.63) is 102 Å². The number of ether oxygens (including phenoxy) is 1. The van der Waals surface area contributed by atoms with Crippen molar-refractivity contribution in [2.24, 2.45) is 5.73 Å². The number of carbonyl (C=O) groups is 1. The van der Waals surface area contributed by atoms with Crippen LogP contribution in [0.1, 0.15) is 11.1 Å². The van der Waals surface area contributed by atoms with E-state index in [1.807, 2.05) is 12.1 Å². The summed E-state index contributed by atoms with van der Waals surface area (Å²) in [6.45, 7) is 0. The summed E-state index contributed by atoms with van der Waals surface area (Å²) >= 11 is 6.90. The number of nitrogens with zero attached hydrogens (tertiary/aromatic N) is 1. The lowest BCUT2D eigenvalue weighted by Gasteiger charge is -2.12. The zero-order valence-electron chi connectivity index (χ0n) is 19.3. The Morgan fingerprint density at radius 3 is 2.68 bits per heavy atom. The number of nitrogens with one attached hydrogen (secondary N) is 1. The Balaban J connectivity index is 1.35. The Hall–Kier alpha value is -4.34. The number of pyridine rings is 1. The second-order valence-corrected chi connectivity index (χ2v) is 9.69. The number of rotatable bonds is 7. The van der Waals surface area contributed by atoms with Crippen LogP contribution in [0.4, 0.5) is 10.1 Å². The number of aromatic nitrogens is 1. The summed E-state index contributed by atoms with van der Waals surface area (Å²) in [4.78, 5) is 16.9. The van der Waals surface area contributed by atoms with Crippen molar-refractivity contribution in [2.45, 2.75) is 6.42 Å². The number of nitrogens with two attached hydrogens (primary N) is 1. The summed E-state index contributed by atoms with van der Waals surface area (Å²) in [6.07, 6.45) is 1.72. The Morgan fingerprint density at radius 1 is 1.05 bits per heavy atom. The van der Waals surface area contributed by atoms with Gasteiger partial charge in [0.15, 0.2) is 11.6 Å². The van der Waals surface area contributed by atoms with Gasteiger partial charge in [-0.2, -0.15) is 0 Å². The molecule has 5 aromatic rings. The highest BCUT2D eigenvalue weighted by Gasteiger charge is 2.14. The van der Waals surface area contributed by atoms with E-state index in [4.69, 9.17) is 22.7 Å². The van der Waals surface area contributed by atoms with Crippen LogP contribution in [0.15, 0.2) is 85.1 Å². The Labute approximate surface area is 221 Å². The fraction of sp³-hybridized carbons (Fsp3) is 0.0357. The standard InChI is InChI=1S/C28H20FN3O3S2/c29-21-14-19(32-28(36)18-5-1-3-16(11-18)12-26(30)34)7-8-23(21)35-24-9-10-31-22-15-25(37-27(22)24)17-4-2-6-20(33)13-17/h1-11,13-15,33H,12H2,(H2,30,34)(H,32,36). The van der Waals surface area contributed by atoms with Crippen LogP contribution in [-0.4, -0.2) is 21.0 Å². The second kappa shape index (κ2) is 10.3. The summed E-state index contributed by atoms with van der Waals surface area (Å²) < 4.78 is 21.7. The second-order valence-electron chi connectivity index (χ2n) is 8.23. The van der Waals surface area contributed by atoms with E-state index in [0.29, 0.717) is 27.5 Å². The van der Waals surface area contributed by atoms with Crippen LogP contribution in [0.2, 0.25) is 0 Å². The summed E-state index contributed by atoms with van der Waals surface area (Å²) in [5.41, 5.74) is 8.72. The van der Waals surface area contributed by atoms with E-state index in [2.05, 4.69) is 10.3 Å². The number of fused-ring (bicyclic) bond motifs is 1. The number of amides is 1. The summed E-state index contributed by atoms with van der Waals surface area (Å²) in [5, 5.41) is 12.8. The number of halogens is 1. The van der Waals surface area contributed by atoms with Crippen molar-refractivity contribution in [3.8, 4) is 27.7 Å². The predicted octanol–water partition coefficient (Wildman–Crippen LogP) is 6.42. The van der Waals surface area contributed by atoms with Crippen LogP contribution < -0.4 is 15.8 Å². The van der Waals surface area contributed by atoms with Crippen LogP contribution in [0.3, 0.4) is 0 Å². The normalized spacial score (nSPS) is 10.8. The molecule has 2 heterocycles. The molecule has 4 N–H and O–H groups in total. The van der Waals surface area contributed by atoms with Crippen molar-refractivity contribution in [1.82, 2.24) is 4.98 Å². The molecule has 37 heavy (non-hydrogen) atoms. The molecular weight excluding hydrogens is 509 g/mol. The van der Waals surface area contributed by atoms with Gasteiger partial charge in [-0.05, 0) is 47.5 Å². The molecule has 0 fully saturated rings. The predicted molar refractivity (Wildman–Crippen MR) is 148 cm³/mol. The third-order valence-corrected chi connectivity index (χ3v) is 7.01. The molecule has 0 bridgehead atoms. The number of anilines is 1. The molecule has 0 unspecified atom stereocenters. The van der Waals surface area contributed by atoms with E-state index in [-0.39, 0.29) is 17.9 Å². The number of hydrogen-bond acceptors (Lipinski definition) is 6. The zero-order valence-corrected chi connectivity index (χ0v) is 20.9. The number of benzene rings is 3. The highest BCUT2D eigenvalue weighted by Crippen LogP contribution is 2.40. The largest absolute Gasteiger partial charge is 0.508 e. The summed E-state index contributed by atoms with van der Waals surface area (Å²) in [5.74, 6) is -0.293. The van der Waals surface area contributed by atoms with E-state index < -0.39 is 11.7 Å². The maximum absolute atomic E-state index is 15.0. The van der Waals surface area contributed by atoms with Gasteiger partial charge in [-0.1, -0.05) is 42.5 Å². The zero-order chi connectivity index (χ0) is 25.9. The minimum atomic E-state index is -0.565. The number of carbonyl (C=O) groups excluding carboxylic acids is 1. The lowest BCUT2D eigenvalue weighted by Crippen LogP contribution is -2.15. The maximum atomic E-state index is 15.0. The third-order valence-electron chi connectivity index (χ3n) is 5.48. The first kappa shape index (κ1) is 24.4. The summed E-state index contributed by atoms with van der Waals surface area (Å²) in [6, 6.07) is 22.2. The van der Waals surface area contributed by atoms with Gasteiger partial charge in [-0.3, -0.25) is 9.78 Å². The van der Waals surface area contributed by atoms with Gasteiger partial charge < -0.3 is 20.9 Å². The van der Waals surface area contributed by atoms with Crippen LogP contribution >= 0.6 is 23.6 Å². The molecule has 0 aliphatic carbocycles. The molecule has 0 atom stereocenters. The number of phenolic OH excluding ortho intramolecular Hbond substituents is 1. The molecule has 0 saturated heterocycles. The molecule has 3 aromatic carbocycles. The molecular formula is C28H20FN3O3S2. The van der Waals surface area contributed by atoms with Gasteiger partial charge in [0.1, 0.15) is 16.5 Å². The van der Waals surface area contributed by atoms with Crippen molar-refractivity contribution in [3.63, 3.8) is 0 Å². The average molecular weight is 530 g/mol. The Bertz CT molecular complexity index is 1650. The maximum Gasteiger partial charge on any atom is 0.221 e. The van der Waals surface area contributed by atoms with E-state index in [0.717, 1.165) is 20.7 Å². The van der Waals surface area contributed by atoms with E-state index in [9.17, 15) is 9.90 Å². The molecule has 0 spiro atoms. The van der Waals surface area contributed by atoms with Gasteiger partial charge >= 0.3 is 0 Å². The van der Waals surface area contributed by atoms with Gasteiger partial charge in [0.2, 0.25) is 5.91 Å². The number of aromatic hydroxyl groups is 1. The number of hydrogen-bond donors (Lipinski definition) is 3. The average Bonchev–Trinajstić information content (AvgIpc) is 3.31. The van der Waals surface area contributed by atoms with Crippen LogP contribution in [0.5, 0.6) is 17.2 Å². The molecule has 9 heteroatoms. The molecule has 184 valence electrons. The Morgan fingerprint density at radius 2 is 1.89 bits per heavy atom. The lowest BCUT2D eigenvalue weighted by atomic mass is 10.1. The molecule has 5 rings (SSSR count). The van der Waals surface area contributed by atoms with Crippen LogP contribution in [0.25, 0.3) is 20.7 Å². The number of phenols is 1. The van der Waals surface area contributed by atoms with E-state index >= 15 is 4.39 Å². The molecule has 0 aliphatic heterocycles. The fourth-order valence-electron chi connectivity index (χ4n) is 3.80. The lowest BCUT2D eigenvalue weighted by molar-refractivity contribution is -0.117. The molecule has 2 aromatic heterocycles. The van der Waals surface area contributed by atoms with E-state index in [1.54, 1.807) is 60.8 Å².